The van der Waals surface area contributed by atoms with Gasteiger partial charge in [0.1, 0.15) is 5.75 Å². The molecule has 1 atom stereocenters. The lowest BCUT2D eigenvalue weighted by Crippen LogP contribution is -2.35. The van der Waals surface area contributed by atoms with Gasteiger partial charge in [-0.1, -0.05) is 51.5 Å². The topological polar surface area (TPSA) is 75.7 Å². The lowest BCUT2D eigenvalue weighted by atomic mass is 9.86. The van der Waals surface area contributed by atoms with Crippen LogP contribution in [-0.2, 0) is 15.4 Å². The van der Waals surface area contributed by atoms with Crippen LogP contribution in [0.1, 0.15) is 74.5 Å². The number of carbonyl (C=O) groups is 1. The van der Waals surface area contributed by atoms with Crippen molar-refractivity contribution in [1.29, 1.82) is 0 Å². The molecular weight excluding hydrogens is 424 g/mol. The zero-order valence-corrected chi connectivity index (χ0v) is 20.5. The quantitative estimate of drug-likeness (QED) is 0.683. The third-order valence-electron chi connectivity index (χ3n) is 5.99. The average molecular weight is 459 g/mol. The Balaban J connectivity index is 1.83. The van der Waals surface area contributed by atoms with E-state index < -0.39 is 10.0 Å². The lowest BCUT2D eigenvalue weighted by molar-refractivity contribution is 0.0936. The van der Waals surface area contributed by atoms with Gasteiger partial charge in [0.15, 0.2) is 0 Å². The predicted octanol–water partition coefficient (Wildman–Crippen LogP) is 4.66. The SMILES string of the molecule is COc1ccc(S(=O)(=O)N2CCCCC2)cc1C(=O)N[C@H](C)c1ccc(C(C)(C)C)cc1. The van der Waals surface area contributed by atoms with Gasteiger partial charge >= 0.3 is 0 Å². The molecule has 32 heavy (non-hydrogen) atoms. The van der Waals surface area contributed by atoms with E-state index in [4.69, 9.17) is 4.74 Å². The maximum atomic E-state index is 13.1. The summed E-state index contributed by atoms with van der Waals surface area (Å²) >= 11 is 0. The highest BCUT2D eigenvalue weighted by Crippen LogP contribution is 2.28. The van der Waals surface area contributed by atoms with Crippen molar-refractivity contribution in [1.82, 2.24) is 9.62 Å². The van der Waals surface area contributed by atoms with E-state index in [1.54, 1.807) is 6.07 Å². The highest BCUT2D eigenvalue weighted by molar-refractivity contribution is 7.89. The summed E-state index contributed by atoms with van der Waals surface area (Å²) in [5.41, 5.74) is 2.46. The number of nitrogens with one attached hydrogen (secondary N) is 1. The summed E-state index contributed by atoms with van der Waals surface area (Å²) in [6.07, 6.45) is 2.75. The predicted molar refractivity (Wildman–Crippen MR) is 127 cm³/mol. The Morgan fingerprint density at radius 2 is 1.66 bits per heavy atom. The molecule has 0 aromatic heterocycles. The summed E-state index contributed by atoms with van der Waals surface area (Å²) in [7, 11) is -2.17. The van der Waals surface area contributed by atoms with Gasteiger partial charge in [0.05, 0.1) is 23.6 Å². The fourth-order valence-electron chi connectivity index (χ4n) is 3.91. The Hall–Kier alpha value is -2.38. The zero-order valence-electron chi connectivity index (χ0n) is 19.6. The smallest absolute Gasteiger partial charge is 0.255 e. The monoisotopic (exact) mass is 458 g/mol. The highest BCUT2D eigenvalue weighted by Gasteiger charge is 2.28. The molecule has 0 saturated carbocycles. The van der Waals surface area contributed by atoms with Gasteiger partial charge in [-0.3, -0.25) is 4.79 Å². The number of methoxy groups -OCH3 is 1. The van der Waals surface area contributed by atoms with Crippen molar-refractivity contribution in [3.8, 4) is 5.75 Å². The van der Waals surface area contributed by atoms with Crippen LogP contribution < -0.4 is 10.1 Å². The average Bonchev–Trinajstić information content (AvgIpc) is 2.78. The van der Waals surface area contributed by atoms with E-state index >= 15 is 0 Å². The molecule has 0 aliphatic carbocycles. The molecule has 174 valence electrons. The van der Waals surface area contributed by atoms with Crippen molar-refractivity contribution in [2.75, 3.05) is 20.2 Å². The Morgan fingerprint density at radius 3 is 2.22 bits per heavy atom. The Bertz CT molecular complexity index is 1050. The number of hydrogen-bond donors (Lipinski definition) is 1. The fourth-order valence-corrected chi connectivity index (χ4v) is 5.45. The van der Waals surface area contributed by atoms with E-state index in [1.807, 2.05) is 19.1 Å². The number of carbonyl (C=O) groups excluding carboxylic acids is 1. The van der Waals surface area contributed by atoms with E-state index in [9.17, 15) is 13.2 Å². The molecule has 0 spiro atoms. The summed E-state index contributed by atoms with van der Waals surface area (Å²) in [5.74, 6) is -0.0275. The second kappa shape index (κ2) is 9.63. The molecule has 1 amide bonds. The van der Waals surface area contributed by atoms with Crippen molar-refractivity contribution < 1.29 is 17.9 Å². The van der Waals surface area contributed by atoms with Crippen LogP contribution >= 0.6 is 0 Å². The minimum atomic E-state index is -3.64. The summed E-state index contributed by atoms with van der Waals surface area (Å²) in [6, 6.07) is 12.4. The van der Waals surface area contributed by atoms with E-state index in [0.29, 0.717) is 18.8 Å². The summed E-state index contributed by atoms with van der Waals surface area (Å²) in [6.45, 7) is 9.40. The molecule has 1 heterocycles. The van der Waals surface area contributed by atoms with Gasteiger partial charge in [-0.05, 0) is 54.5 Å². The van der Waals surface area contributed by atoms with Crippen LogP contribution in [0.3, 0.4) is 0 Å². The van der Waals surface area contributed by atoms with Crippen LogP contribution in [0.2, 0.25) is 0 Å². The van der Waals surface area contributed by atoms with Gasteiger partial charge in [-0.25, -0.2) is 8.42 Å². The number of ether oxygens (including phenoxy) is 1. The molecule has 1 aliphatic heterocycles. The summed E-state index contributed by atoms with van der Waals surface area (Å²) in [4.78, 5) is 13.2. The van der Waals surface area contributed by atoms with Crippen LogP contribution in [-0.4, -0.2) is 38.8 Å². The number of nitrogens with zero attached hydrogens (tertiary/aromatic N) is 1. The van der Waals surface area contributed by atoms with E-state index in [0.717, 1.165) is 24.8 Å². The van der Waals surface area contributed by atoms with Crippen LogP contribution in [0.4, 0.5) is 0 Å². The Labute approximate surface area is 192 Å². The van der Waals surface area contributed by atoms with Crippen molar-refractivity contribution in [3.63, 3.8) is 0 Å². The van der Waals surface area contributed by atoms with Crippen LogP contribution in [0.25, 0.3) is 0 Å². The van der Waals surface area contributed by atoms with Gasteiger partial charge < -0.3 is 10.1 Å². The second-order valence-corrected chi connectivity index (χ2v) is 11.3. The number of benzene rings is 2. The molecule has 1 aliphatic rings. The van der Waals surface area contributed by atoms with Gasteiger partial charge in [-0.15, -0.1) is 0 Å². The van der Waals surface area contributed by atoms with Crippen LogP contribution in [0, 0.1) is 0 Å². The van der Waals surface area contributed by atoms with Gasteiger partial charge in [0, 0.05) is 13.1 Å². The normalized spacial score (nSPS) is 16.4. The number of amides is 1. The van der Waals surface area contributed by atoms with Crippen molar-refractivity contribution >= 4 is 15.9 Å². The standard InChI is InChI=1S/C25H34N2O4S/c1-18(19-9-11-20(12-10-19)25(2,3)4)26-24(28)22-17-21(13-14-23(22)31-5)32(29,30)27-15-7-6-8-16-27/h9-14,17-18H,6-8,15-16H2,1-5H3,(H,26,28)/t18-/m1/s1. The lowest BCUT2D eigenvalue weighted by Gasteiger charge is -2.26. The molecule has 2 aromatic rings. The molecule has 0 unspecified atom stereocenters. The maximum absolute atomic E-state index is 13.1. The molecule has 1 fully saturated rings. The van der Waals surface area contributed by atoms with Crippen molar-refractivity contribution in [2.45, 2.75) is 63.3 Å². The van der Waals surface area contributed by atoms with Crippen LogP contribution in [0.5, 0.6) is 5.75 Å². The molecule has 1 N–H and O–H groups in total. The molecular formula is C25H34N2O4S. The first-order valence-electron chi connectivity index (χ1n) is 11.1. The third-order valence-corrected chi connectivity index (χ3v) is 7.89. The first-order valence-corrected chi connectivity index (χ1v) is 12.6. The molecule has 6 nitrogen and oxygen atoms in total. The first-order chi connectivity index (χ1) is 15.0. The first kappa shape index (κ1) is 24.3. The minimum absolute atomic E-state index is 0.0542. The largest absolute Gasteiger partial charge is 0.496 e. The summed E-state index contributed by atoms with van der Waals surface area (Å²) in [5, 5.41) is 2.98. The number of piperidine rings is 1. The van der Waals surface area contributed by atoms with E-state index in [2.05, 4.69) is 38.2 Å². The maximum Gasteiger partial charge on any atom is 0.255 e. The Morgan fingerprint density at radius 1 is 1.03 bits per heavy atom. The Kier molecular flexibility index (Phi) is 7.30. The number of hydrogen-bond acceptors (Lipinski definition) is 4. The van der Waals surface area contributed by atoms with E-state index in [-0.39, 0.29) is 27.8 Å². The number of sulfonamides is 1. The molecule has 7 heteroatoms. The van der Waals surface area contributed by atoms with Crippen LogP contribution in [0.15, 0.2) is 47.4 Å². The molecule has 2 aromatic carbocycles. The van der Waals surface area contributed by atoms with E-state index in [1.165, 1.54) is 29.1 Å². The molecule has 3 rings (SSSR count). The highest BCUT2D eigenvalue weighted by atomic mass is 32.2. The van der Waals surface area contributed by atoms with Gasteiger partial charge in [0.2, 0.25) is 10.0 Å². The number of rotatable bonds is 6. The molecule has 1 saturated heterocycles. The van der Waals surface area contributed by atoms with Crippen molar-refractivity contribution in [3.05, 3.63) is 59.2 Å². The van der Waals surface area contributed by atoms with Gasteiger partial charge in [0.25, 0.3) is 5.91 Å². The minimum Gasteiger partial charge on any atom is -0.496 e. The molecule has 0 bridgehead atoms. The molecule has 0 radical (unpaired) electrons. The zero-order chi connectivity index (χ0) is 23.5. The second-order valence-electron chi connectivity index (χ2n) is 9.39. The summed E-state index contributed by atoms with van der Waals surface area (Å²) < 4.78 is 33.0. The van der Waals surface area contributed by atoms with Gasteiger partial charge in [-0.2, -0.15) is 4.31 Å². The van der Waals surface area contributed by atoms with Crippen molar-refractivity contribution in [2.24, 2.45) is 0 Å². The third kappa shape index (κ3) is 5.33. The fraction of sp³-hybridized carbons (Fsp3) is 0.480.